The molecule has 2 saturated heterocycles. The minimum Gasteiger partial charge on any atom is -0.455 e. The summed E-state index contributed by atoms with van der Waals surface area (Å²) >= 11 is 4.09. The van der Waals surface area contributed by atoms with Crippen molar-refractivity contribution in [2.24, 2.45) is 5.41 Å². The fourth-order valence-corrected chi connectivity index (χ4v) is 8.19. The van der Waals surface area contributed by atoms with Crippen LogP contribution in [0.5, 0.6) is 0 Å². The van der Waals surface area contributed by atoms with Crippen molar-refractivity contribution in [1.82, 2.24) is 4.90 Å². The zero-order valence-corrected chi connectivity index (χ0v) is 16.3. The van der Waals surface area contributed by atoms with Gasteiger partial charge in [0.15, 0.2) is 5.76 Å². The third-order valence-corrected chi connectivity index (χ3v) is 8.61. The number of rotatable bonds is 1. The Bertz CT molecular complexity index is 655. The van der Waals surface area contributed by atoms with E-state index in [0.717, 1.165) is 24.2 Å². The molecule has 3 aliphatic rings. The van der Waals surface area contributed by atoms with Crippen LogP contribution >= 0.6 is 23.5 Å². The van der Waals surface area contributed by atoms with Crippen molar-refractivity contribution < 1.29 is 13.9 Å². The lowest BCUT2D eigenvalue weighted by Crippen LogP contribution is -2.40. The predicted octanol–water partition coefficient (Wildman–Crippen LogP) is 3.67. The number of thioether (sulfide) groups is 2. The van der Waals surface area contributed by atoms with E-state index < -0.39 is 0 Å². The third-order valence-electron chi connectivity index (χ3n) is 5.20. The van der Waals surface area contributed by atoms with Crippen molar-refractivity contribution in [3.05, 3.63) is 22.6 Å². The first-order valence-electron chi connectivity index (χ1n) is 8.70. The van der Waals surface area contributed by atoms with Gasteiger partial charge in [0.1, 0.15) is 5.76 Å². The minimum atomic E-state index is 0.0335. The molecule has 132 valence electrons. The average Bonchev–Trinajstić information content (AvgIpc) is 3.11. The maximum absolute atomic E-state index is 13.0. The van der Waals surface area contributed by atoms with Gasteiger partial charge in [0, 0.05) is 42.1 Å². The minimum absolute atomic E-state index is 0.0335. The fourth-order valence-electron chi connectivity index (χ4n) is 4.23. The number of morpholine rings is 1. The van der Waals surface area contributed by atoms with Gasteiger partial charge in [-0.2, -0.15) is 0 Å². The summed E-state index contributed by atoms with van der Waals surface area (Å²) in [6, 6.07) is 0. The van der Waals surface area contributed by atoms with Crippen LogP contribution in [0.1, 0.15) is 47.7 Å². The molecule has 2 aliphatic heterocycles. The van der Waals surface area contributed by atoms with Gasteiger partial charge >= 0.3 is 0 Å². The Morgan fingerprint density at radius 3 is 2.50 bits per heavy atom. The van der Waals surface area contributed by atoms with Crippen LogP contribution in [0.4, 0.5) is 0 Å². The van der Waals surface area contributed by atoms with Gasteiger partial charge in [-0.25, -0.2) is 0 Å². The highest BCUT2D eigenvalue weighted by Gasteiger charge is 2.50. The molecule has 1 amide bonds. The molecule has 0 radical (unpaired) electrons. The Balaban J connectivity index is 1.75. The fraction of sp³-hybridized carbons (Fsp3) is 0.722. The van der Waals surface area contributed by atoms with Gasteiger partial charge in [0.2, 0.25) is 0 Å². The van der Waals surface area contributed by atoms with Crippen molar-refractivity contribution in [2.45, 2.75) is 37.7 Å². The molecule has 1 aliphatic carbocycles. The molecular weight excluding hydrogens is 342 g/mol. The molecule has 0 unspecified atom stereocenters. The highest BCUT2D eigenvalue weighted by atomic mass is 32.2. The van der Waals surface area contributed by atoms with Crippen LogP contribution < -0.4 is 0 Å². The maximum Gasteiger partial charge on any atom is 0.290 e. The lowest BCUT2D eigenvalue weighted by molar-refractivity contribution is 0.0280. The van der Waals surface area contributed by atoms with Crippen LogP contribution in [0.25, 0.3) is 0 Å². The van der Waals surface area contributed by atoms with Gasteiger partial charge in [-0.3, -0.25) is 4.79 Å². The van der Waals surface area contributed by atoms with Crippen molar-refractivity contribution in [2.75, 3.05) is 37.8 Å². The van der Waals surface area contributed by atoms with E-state index in [0.29, 0.717) is 32.1 Å². The zero-order valence-electron chi connectivity index (χ0n) is 14.6. The Kier molecular flexibility index (Phi) is 4.21. The van der Waals surface area contributed by atoms with E-state index >= 15 is 0 Å². The van der Waals surface area contributed by atoms with E-state index in [2.05, 4.69) is 20.8 Å². The first-order valence-corrected chi connectivity index (χ1v) is 10.7. The second kappa shape index (κ2) is 5.99. The van der Waals surface area contributed by atoms with E-state index in [1.807, 2.05) is 28.4 Å². The molecule has 0 saturated carbocycles. The van der Waals surface area contributed by atoms with E-state index in [-0.39, 0.29) is 15.4 Å². The smallest absolute Gasteiger partial charge is 0.290 e. The molecule has 1 spiro atoms. The molecule has 6 heteroatoms. The SMILES string of the molecule is Cc1c(C(=O)N2CCOCC2)oc2c1C1(CC(C)(C)C2)SCCS1. The second-order valence-electron chi connectivity index (χ2n) is 7.73. The molecule has 1 aromatic heterocycles. The molecule has 0 atom stereocenters. The number of carbonyl (C=O) groups excluding carboxylic acids is 1. The third kappa shape index (κ3) is 2.71. The molecule has 3 heterocycles. The molecule has 1 aromatic rings. The molecule has 24 heavy (non-hydrogen) atoms. The van der Waals surface area contributed by atoms with E-state index in [1.54, 1.807) is 0 Å². The van der Waals surface area contributed by atoms with Crippen molar-refractivity contribution in [1.29, 1.82) is 0 Å². The Hall–Kier alpha value is -0.590. The van der Waals surface area contributed by atoms with Gasteiger partial charge in [0.25, 0.3) is 5.91 Å². The number of hydrogen-bond donors (Lipinski definition) is 0. The van der Waals surface area contributed by atoms with Crippen molar-refractivity contribution in [3.8, 4) is 0 Å². The summed E-state index contributed by atoms with van der Waals surface area (Å²) in [5.41, 5.74) is 2.59. The van der Waals surface area contributed by atoms with Gasteiger partial charge in [0.05, 0.1) is 17.3 Å². The molecule has 0 N–H and O–H groups in total. The van der Waals surface area contributed by atoms with Gasteiger partial charge in [-0.1, -0.05) is 13.8 Å². The number of furan rings is 1. The van der Waals surface area contributed by atoms with Crippen LogP contribution in [0.15, 0.2) is 4.42 Å². The number of hydrogen-bond acceptors (Lipinski definition) is 5. The van der Waals surface area contributed by atoms with Gasteiger partial charge < -0.3 is 14.1 Å². The maximum atomic E-state index is 13.0. The summed E-state index contributed by atoms with van der Waals surface area (Å²) in [5, 5.41) is 0. The molecule has 4 rings (SSSR count). The summed E-state index contributed by atoms with van der Waals surface area (Å²) in [6.45, 7) is 9.27. The summed E-state index contributed by atoms with van der Waals surface area (Å²) in [5.74, 6) is 4.00. The van der Waals surface area contributed by atoms with Crippen LogP contribution in [0.3, 0.4) is 0 Å². The topological polar surface area (TPSA) is 42.7 Å². The molecule has 2 fully saturated rings. The van der Waals surface area contributed by atoms with Gasteiger partial charge in [-0.05, 0) is 18.8 Å². The quantitative estimate of drug-likeness (QED) is 0.758. The Morgan fingerprint density at radius 2 is 1.83 bits per heavy atom. The van der Waals surface area contributed by atoms with E-state index in [4.69, 9.17) is 9.15 Å². The first-order chi connectivity index (χ1) is 11.4. The lowest BCUT2D eigenvalue weighted by atomic mass is 9.76. The summed E-state index contributed by atoms with van der Waals surface area (Å²) in [7, 11) is 0. The number of carbonyl (C=O) groups is 1. The predicted molar refractivity (Wildman–Crippen MR) is 98.9 cm³/mol. The summed E-state index contributed by atoms with van der Waals surface area (Å²) < 4.78 is 11.7. The molecule has 4 nitrogen and oxygen atoms in total. The van der Waals surface area contributed by atoms with Crippen molar-refractivity contribution >= 4 is 29.4 Å². The number of ether oxygens (including phenoxy) is 1. The average molecular weight is 368 g/mol. The van der Waals surface area contributed by atoms with Crippen LogP contribution in [0, 0.1) is 12.3 Å². The second-order valence-corrected chi connectivity index (χ2v) is 10.8. The van der Waals surface area contributed by atoms with E-state index in [9.17, 15) is 4.79 Å². The number of nitrogens with zero attached hydrogens (tertiary/aromatic N) is 1. The number of fused-ring (bicyclic) bond motifs is 2. The van der Waals surface area contributed by atoms with Crippen LogP contribution in [0.2, 0.25) is 0 Å². The highest BCUT2D eigenvalue weighted by molar-refractivity contribution is 8.20. The highest BCUT2D eigenvalue weighted by Crippen LogP contribution is 2.62. The van der Waals surface area contributed by atoms with Crippen LogP contribution in [-0.4, -0.2) is 48.6 Å². The van der Waals surface area contributed by atoms with Gasteiger partial charge in [-0.15, -0.1) is 23.5 Å². The summed E-state index contributed by atoms with van der Waals surface area (Å²) in [4.78, 5) is 14.8. The standard InChI is InChI=1S/C18H25NO3S2/c1-12-14-13(10-17(2,3)11-18(14)23-8-9-24-18)22-15(12)16(20)19-4-6-21-7-5-19/h4-11H2,1-3H3. The molecule has 0 aromatic carbocycles. The van der Waals surface area contributed by atoms with Crippen LogP contribution in [-0.2, 0) is 15.2 Å². The molecular formula is C18H25NO3S2. The zero-order chi connectivity index (χ0) is 16.9. The lowest BCUT2D eigenvalue weighted by Gasteiger charge is -2.41. The van der Waals surface area contributed by atoms with Crippen molar-refractivity contribution in [3.63, 3.8) is 0 Å². The normalized spacial score (nSPS) is 25.0. The number of amides is 1. The molecule has 0 bridgehead atoms. The monoisotopic (exact) mass is 367 g/mol. The Labute approximate surface area is 152 Å². The summed E-state index contributed by atoms with van der Waals surface area (Å²) in [6.07, 6.45) is 2.07. The Morgan fingerprint density at radius 1 is 1.17 bits per heavy atom. The largest absolute Gasteiger partial charge is 0.455 e. The van der Waals surface area contributed by atoms with E-state index in [1.165, 1.54) is 17.1 Å². The first kappa shape index (κ1) is 16.9.